The molecule has 0 spiro atoms. The van der Waals surface area contributed by atoms with Crippen molar-refractivity contribution in [3.05, 3.63) is 82.6 Å². The zero-order valence-electron chi connectivity index (χ0n) is 16.4. The van der Waals surface area contributed by atoms with Gasteiger partial charge in [0.05, 0.1) is 35.5 Å². The van der Waals surface area contributed by atoms with Crippen molar-refractivity contribution in [3.8, 4) is 5.75 Å². The van der Waals surface area contributed by atoms with Crippen molar-refractivity contribution in [1.29, 1.82) is 0 Å². The number of rotatable bonds is 7. The third-order valence-corrected chi connectivity index (χ3v) is 6.04. The Balaban J connectivity index is 1.62. The highest BCUT2D eigenvalue weighted by Crippen LogP contribution is 2.32. The number of nitrogens with zero attached hydrogens (tertiary/aromatic N) is 3. The second-order valence-corrected chi connectivity index (χ2v) is 8.59. The van der Waals surface area contributed by atoms with Crippen LogP contribution in [0, 0.1) is 0 Å². The number of carbonyl (C=O) groups excluding carboxylic acids is 1. The van der Waals surface area contributed by atoms with E-state index in [1.54, 1.807) is 11.1 Å². The van der Waals surface area contributed by atoms with Crippen LogP contribution in [0.5, 0.6) is 5.75 Å². The first-order chi connectivity index (χ1) is 14.6. The molecule has 5 nitrogen and oxygen atoms in total. The number of ether oxygens (including phenoxy) is 1. The molecule has 0 aliphatic heterocycles. The van der Waals surface area contributed by atoms with Crippen LogP contribution < -0.4 is 9.64 Å². The predicted molar refractivity (Wildman–Crippen MR) is 124 cm³/mol. The number of amides is 1. The van der Waals surface area contributed by atoms with Crippen LogP contribution in [-0.2, 0) is 17.8 Å². The molecule has 1 amide bonds. The Morgan fingerprint density at radius 2 is 1.97 bits per heavy atom. The molecule has 2 aromatic heterocycles. The first-order valence-corrected chi connectivity index (χ1v) is 11.2. The molecule has 30 heavy (non-hydrogen) atoms. The van der Waals surface area contributed by atoms with E-state index in [1.807, 2.05) is 67.6 Å². The summed E-state index contributed by atoms with van der Waals surface area (Å²) in [6, 6.07) is 19.3. The van der Waals surface area contributed by atoms with E-state index in [4.69, 9.17) is 9.72 Å². The van der Waals surface area contributed by atoms with Crippen LogP contribution in [0.3, 0.4) is 0 Å². The summed E-state index contributed by atoms with van der Waals surface area (Å²) >= 11 is 5.00. The van der Waals surface area contributed by atoms with E-state index in [0.29, 0.717) is 18.3 Å². The Labute approximate surface area is 187 Å². The number of benzene rings is 2. The van der Waals surface area contributed by atoms with E-state index in [-0.39, 0.29) is 12.3 Å². The number of hydrogen-bond donors (Lipinski definition) is 0. The van der Waals surface area contributed by atoms with E-state index >= 15 is 0 Å². The highest BCUT2D eigenvalue weighted by molar-refractivity contribution is 9.10. The minimum absolute atomic E-state index is 0.0251. The van der Waals surface area contributed by atoms with Crippen LogP contribution in [0.1, 0.15) is 18.2 Å². The lowest BCUT2D eigenvalue weighted by Gasteiger charge is -2.19. The lowest BCUT2D eigenvalue weighted by molar-refractivity contribution is -0.118. The van der Waals surface area contributed by atoms with Gasteiger partial charge in [0.1, 0.15) is 5.75 Å². The van der Waals surface area contributed by atoms with Crippen molar-refractivity contribution in [2.45, 2.75) is 19.9 Å². The lowest BCUT2D eigenvalue weighted by Crippen LogP contribution is -2.32. The van der Waals surface area contributed by atoms with Crippen molar-refractivity contribution >= 4 is 48.5 Å². The number of halogens is 1. The molecule has 4 rings (SSSR count). The van der Waals surface area contributed by atoms with Crippen LogP contribution in [0.2, 0.25) is 0 Å². The molecule has 2 heterocycles. The maximum absolute atomic E-state index is 13.3. The summed E-state index contributed by atoms with van der Waals surface area (Å²) in [5.41, 5.74) is 2.62. The van der Waals surface area contributed by atoms with Crippen LogP contribution in [0.25, 0.3) is 10.2 Å². The molecule has 0 fully saturated rings. The third-order valence-electron chi connectivity index (χ3n) is 4.51. The molecule has 0 radical (unpaired) electrons. The molecule has 0 aliphatic carbocycles. The third kappa shape index (κ3) is 4.86. The number of aromatic nitrogens is 2. The fourth-order valence-corrected chi connectivity index (χ4v) is 4.59. The van der Waals surface area contributed by atoms with E-state index < -0.39 is 0 Å². The van der Waals surface area contributed by atoms with Gasteiger partial charge in [0.2, 0.25) is 5.91 Å². The normalized spacial score (nSPS) is 10.9. The first-order valence-electron chi connectivity index (χ1n) is 9.60. The fourth-order valence-electron chi connectivity index (χ4n) is 3.06. The topological polar surface area (TPSA) is 55.3 Å². The maximum atomic E-state index is 13.3. The zero-order valence-corrected chi connectivity index (χ0v) is 18.8. The van der Waals surface area contributed by atoms with Crippen LogP contribution >= 0.6 is 27.3 Å². The second kappa shape index (κ2) is 9.36. The Morgan fingerprint density at radius 3 is 2.70 bits per heavy atom. The maximum Gasteiger partial charge on any atom is 0.233 e. The molecule has 0 aliphatic rings. The Hall–Kier alpha value is -2.77. The van der Waals surface area contributed by atoms with Gasteiger partial charge in [-0.15, -0.1) is 0 Å². The van der Waals surface area contributed by atoms with E-state index in [0.717, 1.165) is 31.7 Å². The number of hydrogen-bond acceptors (Lipinski definition) is 5. The van der Waals surface area contributed by atoms with Crippen molar-refractivity contribution in [1.82, 2.24) is 9.97 Å². The molecule has 0 atom stereocenters. The van der Waals surface area contributed by atoms with Gasteiger partial charge in [0, 0.05) is 10.7 Å². The lowest BCUT2D eigenvalue weighted by atomic mass is 10.1. The van der Waals surface area contributed by atoms with Gasteiger partial charge in [0.15, 0.2) is 5.13 Å². The summed E-state index contributed by atoms with van der Waals surface area (Å²) < 4.78 is 7.50. The Morgan fingerprint density at radius 1 is 1.13 bits per heavy atom. The summed E-state index contributed by atoms with van der Waals surface area (Å²) in [6.07, 6.45) is 2.01. The van der Waals surface area contributed by atoms with Gasteiger partial charge >= 0.3 is 0 Å². The number of pyridine rings is 1. The van der Waals surface area contributed by atoms with Gasteiger partial charge in [-0.2, -0.15) is 0 Å². The minimum atomic E-state index is -0.0251. The average molecular weight is 482 g/mol. The first kappa shape index (κ1) is 20.5. The molecule has 0 unspecified atom stereocenters. The molecule has 2 aromatic carbocycles. The van der Waals surface area contributed by atoms with Crippen LogP contribution in [-0.4, -0.2) is 22.5 Å². The molecule has 4 aromatic rings. The quantitative estimate of drug-likeness (QED) is 0.343. The minimum Gasteiger partial charge on any atom is -0.494 e. The highest BCUT2D eigenvalue weighted by atomic mass is 79.9. The van der Waals surface area contributed by atoms with Crippen molar-refractivity contribution in [2.24, 2.45) is 0 Å². The molecule has 0 N–H and O–H groups in total. The number of fused-ring (bicyclic) bond motifs is 1. The van der Waals surface area contributed by atoms with Gasteiger partial charge in [0.25, 0.3) is 0 Å². The second-order valence-electron chi connectivity index (χ2n) is 6.66. The summed E-state index contributed by atoms with van der Waals surface area (Å²) in [7, 11) is 0. The number of carbonyl (C=O) groups is 1. The number of thiazole rings is 1. The molecule has 7 heteroatoms. The van der Waals surface area contributed by atoms with Crippen molar-refractivity contribution in [2.75, 3.05) is 11.5 Å². The average Bonchev–Trinajstić information content (AvgIpc) is 3.17. The molecule has 152 valence electrons. The predicted octanol–water partition coefficient (Wildman–Crippen LogP) is 5.63. The molecular weight excluding hydrogens is 462 g/mol. The summed E-state index contributed by atoms with van der Waals surface area (Å²) in [6.45, 7) is 2.94. The van der Waals surface area contributed by atoms with Crippen LogP contribution in [0.4, 0.5) is 5.13 Å². The standard InChI is InChI=1S/C23H20BrN3O2S/c1-2-29-19-9-6-16(7-10-19)13-22(28)27(15-18-5-3-4-12-25-18)23-26-20-11-8-17(24)14-21(20)30-23/h3-12,14H,2,13,15H2,1H3. The zero-order chi connectivity index (χ0) is 20.9. The van der Waals surface area contributed by atoms with E-state index in [9.17, 15) is 4.79 Å². The molecule has 0 saturated heterocycles. The van der Waals surface area contributed by atoms with E-state index in [2.05, 4.69) is 20.9 Å². The summed E-state index contributed by atoms with van der Waals surface area (Å²) in [4.78, 5) is 24.1. The highest BCUT2D eigenvalue weighted by Gasteiger charge is 2.21. The van der Waals surface area contributed by atoms with Gasteiger partial charge in [-0.3, -0.25) is 14.7 Å². The van der Waals surface area contributed by atoms with Crippen molar-refractivity contribution in [3.63, 3.8) is 0 Å². The Bertz CT molecular complexity index is 1150. The molecule has 0 saturated carbocycles. The van der Waals surface area contributed by atoms with Crippen LogP contribution in [0.15, 0.2) is 71.3 Å². The largest absolute Gasteiger partial charge is 0.494 e. The Kier molecular flexibility index (Phi) is 6.40. The summed E-state index contributed by atoms with van der Waals surface area (Å²) in [5.74, 6) is 0.777. The SMILES string of the molecule is CCOc1ccc(CC(=O)N(Cc2ccccn2)c2nc3ccc(Br)cc3s2)cc1. The van der Waals surface area contributed by atoms with E-state index in [1.165, 1.54) is 11.3 Å². The summed E-state index contributed by atoms with van der Waals surface area (Å²) in [5, 5.41) is 0.671. The van der Waals surface area contributed by atoms with Crippen molar-refractivity contribution < 1.29 is 9.53 Å². The molecular formula is C23H20BrN3O2S. The smallest absolute Gasteiger partial charge is 0.233 e. The van der Waals surface area contributed by atoms with Gasteiger partial charge in [-0.05, 0) is 55.0 Å². The number of anilines is 1. The van der Waals surface area contributed by atoms with Gasteiger partial charge in [-0.1, -0.05) is 45.5 Å². The monoisotopic (exact) mass is 481 g/mol. The van der Waals surface area contributed by atoms with Gasteiger partial charge < -0.3 is 4.74 Å². The molecule has 0 bridgehead atoms. The fraction of sp³-hybridized carbons (Fsp3) is 0.174. The van der Waals surface area contributed by atoms with Gasteiger partial charge in [-0.25, -0.2) is 4.98 Å².